The van der Waals surface area contributed by atoms with Crippen LogP contribution in [0.1, 0.15) is 5.56 Å². The molecule has 1 aromatic heterocycles. The summed E-state index contributed by atoms with van der Waals surface area (Å²) in [5.74, 6) is 1.39. The highest BCUT2D eigenvalue weighted by molar-refractivity contribution is 5.88. The fourth-order valence-corrected chi connectivity index (χ4v) is 4.00. The fourth-order valence-electron chi connectivity index (χ4n) is 4.00. The van der Waals surface area contributed by atoms with Crippen LogP contribution in [-0.2, 0) is 0 Å². The molecule has 4 rings (SSSR count). The Hall–Kier alpha value is -2.67. The van der Waals surface area contributed by atoms with Crippen molar-refractivity contribution in [2.24, 2.45) is 0 Å². The Morgan fingerprint density at radius 2 is 1.81 bits per heavy atom. The summed E-state index contributed by atoms with van der Waals surface area (Å²) in [6, 6.07) is 14.4. The van der Waals surface area contributed by atoms with Crippen LogP contribution in [0.4, 0.5) is 0 Å². The standard InChI is InChI=1S/C25H31N3O3/c1-18-12-25(30-3)26-15-24(18)20-5-4-19-6-7-23(14-21(19)13-20)31-17-22(29)16-28-10-8-27(2)9-11-28/h4-7,12-15,22,29H,8-11,16-17H2,1-3H3. The van der Waals surface area contributed by atoms with E-state index in [9.17, 15) is 5.11 Å². The minimum Gasteiger partial charge on any atom is -0.491 e. The number of aliphatic hydroxyl groups excluding tert-OH is 1. The molecule has 1 fully saturated rings. The molecule has 1 aliphatic rings. The number of piperazine rings is 1. The summed E-state index contributed by atoms with van der Waals surface area (Å²) in [6.45, 7) is 7.07. The molecule has 0 aliphatic carbocycles. The number of pyridine rings is 1. The Bertz CT molecular complexity index is 1030. The molecule has 31 heavy (non-hydrogen) atoms. The average molecular weight is 422 g/mol. The van der Waals surface area contributed by atoms with Crippen LogP contribution in [0.15, 0.2) is 48.7 Å². The van der Waals surface area contributed by atoms with Gasteiger partial charge in [-0.25, -0.2) is 4.98 Å². The van der Waals surface area contributed by atoms with Crippen LogP contribution in [0.2, 0.25) is 0 Å². The van der Waals surface area contributed by atoms with Crippen molar-refractivity contribution in [3.05, 3.63) is 54.2 Å². The number of hydrogen-bond acceptors (Lipinski definition) is 6. The van der Waals surface area contributed by atoms with Crippen LogP contribution >= 0.6 is 0 Å². The van der Waals surface area contributed by atoms with Gasteiger partial charge in [0.1, 0.15) is 18.5 Å². The van der Waals surface area contributed by atoms with E-state index in [1.807, 2.05) is 24.4 Å². The van der Waals surface area contributed by atoms with Crippen molar-refractivity contribution >= 4 is 10.8 Å². The van der Waals surface area contributed by atoms with Gasteiger partial charge in [-0.2, -0.15) is 0 Å². The number of aliphatic hydroxyl groups is 1. The smallest absolute Gasteiger partial charge is 0.213 e. The molecule has 0 radical (unpaired) electrons. The van der Waals surface area contributed by atoms with E-state index in [4.69, 9.17) is 9.47 Å². The second-order valence-electron chi connectivity index (χ2n) is 8.33. The molecule has 0 bridgehead atoms. The van der Waals surface area contributed by atoms with Gasteiger partial charge >= 0.3 is 0 Å². The van der Waals surface area contributed by atoms with Crippen molar-refractivity contribution < 1.29 is 14.6 Å². The van der Waals surface area contributed by atoms with E-state index in [0.29, 0.717) is 19.0 Å². The molecule has 164 valence electrons. The highest BCUT2D eigenvalue weighted by atomic mass is 16.5. The molecule has 0 amide bonds. The van der Waals surface area contributed by atoms with Crippen LogP contribution < -0.4 is 9.47 Å². The Morgan fingerprint density at radius 1 is 1.03 bits per heavy atom. The van der Waals surface area contributed by atoms with Crippen LogP contribution in [0.3, 0.4) is 0 Å². The first-order valence-corrected chi connectivity index (χ1v) is 10.8. The van der Waals surface area contributed by atoms with Gasteiger partial charge in [0.05, 0.1) is 7.11 Å². The van der Waals surface area contributed by atoms with Gasteiger partial charge < -0.3 is 19.5 Å². The van der Waals surface area contributed by atoms with E-state index in [1.54, 1.807) is 7.11 Å². The zero-order chi connectivity index (χ0) is 21.8. The van der Waals surface area contributed by atoms with Crippen molar-refractivity contribution in [2.75, 3.05) is 53.5 Å². The minimum atomic E-state index is -0.501. The van der Waals surface area contributed by atoms with Crippen LogP contribution in [0.5, 0.6) is 11.6 Å². The maximum atomic E-state index is 10.4. The molecule has 1 atom stereocenters. The molecule has 1 N–H and O–H groups in total. The number of hydrogen-bond donors (Lipinski definition) is 1. The number of rotatable bonds is 7. The summed E-state index contributed by atoms with van der Waals surface area (Å²) in [6.07, 6.45) is 1.35. The van der Waals surface area contributed by atoms with Crippen LogP contribution in [-0.4, -0.2) is 79.5 Å². The number of β-amino-alcohol motifs (C(OH)–C–C–N with tert-alkyl or cyclic N) is 1. The number of aromatic nitrogens is 1. The van der Waals surface area contributed by atoms with E-state index in [1.165, 1.54) is 0 Å². The highest BCUT2D eigenvalue weighted by Crippen LogP contribution is 2.29. The zero-order valence-corrected chi connectivity index (χ0v) is 18.5. The number of fused-ring (bicyclic) bond motifs is 1. The second kappa shape index (κ2) is 9.64. The fraction of sp³-hybridized carbons (Fsp3) is 0.400. The summed E-state index contributed by atoms with van der Waals surface area (Å²) in [5.41, 5.74) is 3.30. The molecular weight excluding hydrogens is 390 g/mol. The quantitative estimate of drug-likeness (QED) is 0.632. The molecule has 0 spiro atoms. The van der Waals surface area contributed by atoms with E-state index in [2.05, 4.69) is 53.0 Å². The van der Waals surface area contributed by atoms with Gasteiger partial charge in [0.2, 0.25) is 5.88 Å². The molecule has 6 nitrogen and oxygen atoms in total. The third-order valence-corrected chi connectivity index (χ3v) is 5.92. The van der Waals surface area contributed by atoms with E-state index >= 15 is 0 Å². The van der Waals surface area contributed by atoms with Gasteiger partial charge in [-0.05, 0) is 54.1 Å². The summed E-state index contributed by atoms with van der Waals surface area (Å²) in [5, 5.41) is 12.7. The Morgan fingerprint density at radius 3 is 2.55 bits per heavy atom. The van der Waals surface area contributed by atoms with Gasteiger partial charge in [-0.15, -0.1) is 0 Å². The lowest BCUT2D eigenvalue weighted by Gasteiger charge is -2.33. The van der Waals surface area contributed by atoms with Gasteiger partial charge in [0.25, 0.3) is 0 Å². The molecule has 0 saturated carbocycles. The largest absolute Gasteiger partial charge is 0.491 e. The lowest BCUT2D eigenvalue weighted by atomic mass is 9.99. The number of ether oxygens (including phenoxy) is 2. The maximum absolute atomic E-state index is 10.4. The van der Waals surface area contributed by atoms with Crippen molar-refractivity contribution in [2.45, 2.75) is 13.0 Å². The first-order chi connectivity index (χ1) is 15.0. The summed E-state index contributed by atoms with van der Waals surface area (Å²) < 4.78 is 11.1. The molecular formula is C25H31N3O3. The molecule has 1 unspecified atom stereocenters. The highest BCUT2D eigenvalue weighted by Gasteiger charge is 2.17. The topological polar surface area (TPSA) is 58.1 Å². The van der Waals surface area contributed by atoms with Gasteiger partial charge in [0, 0.05) is 50.6 Å². The van der Waals surface area contributed by atoms with Gasteiger partial charge in [0.15, 0.2) is 0 Å². The molecule has 3 aromatic rings. The maximum Gasteiger partial charge on any atom is 0.213 e. The van der Waals surface area contributed by atoms with Crippen molar-refractivity contribution in [3.8, 4) is 22.8 Å². The zero-order valence-electron chi connectivity index (χ0n) is 18.5. The lowest BCUT2D eigenvalue weighted by Crippen LogP contribution is -2.47. The average Bonchev–Trinajstić information content (AvgIpc) is 2.78. The van der Waals surface area contributed by atoms with Crippen molar-refractivity contribution in [1.82, 2.24) is 14.8 Å². The second-order valence-corrected chi connectivity index (χ2v) is 8.33. The van der Waals surface area contributed by atoms with E-state index in [0.717, 1.165) is 59.4 Å². The lowest BCUT2D eigenvalue weighted by molar-refractivity contribution is 0.0505. The van der Waals surface area contributed by atoms with Crippen LogP contribution in [0.25, 0.3) is 21.9 Å². The monoisotopic (exact) mass is 421 g/mol. The molecule has 6 heteroatoms. The number of likely N-dealkylation sites (N-methyl/N-ethyl adjacent to an activating group) is 1. The SMILES string of the molecule is COc1cc(C)c(-c2ccc3ccc(OCC(O)CN4CCN(C)CC4)cc3c2)cn1. The van der Waals surface area contributed by atoms with Gasteiger partial charge in [-0.1, -0.05) is 18.2 Å². The van der Waals surface area contributed by atoms with E-state index in [-0.39, 0.29) is 0 Å². The third kappa shape index (κ3) is 5.34. The Labute approximate surface area is 184 Å². The van der Waals surface area contributed by atoms with Crippen LogP contribution in [0, 0.1) is 6.92 Å². The molecule has 1 aliphatic heterocycles. The van der Waals surface area contributed by atoms with Crippen molar-refractivity contribution in [1.29, 1.82) is 0 Å². The third-order valence-electron chi connectivity index (χ3n) is 5.92. The summed E-state index contributed by atoms with van der Waals surface area (Å²) in [4.78, 5) is 8.96. The number of benzene rings is 2. The molecule has 2 aromatic carbocycles. The first kappa shape index (κ1) is 21.6. The molecule has 2 heterocycles. The first-order valence-electron chi connectivity index (χ1n) is 10.8. The Balaban J connectivity index is 1.43. The number of nitrogens with zero attached hydrogens (tertiary/aromatic N) is 3. The summed E-state index contributed by atoms with van der Waals surface area (Å²) >= 11 is 0. The Kier molecular flexibility index (Phi) is 6.70. The number of methoxy groups -OCH3 is 1. The normalized spacial score (nSPS) is 16.4. The van der Waals surface area contributed by atoms with E-state index < -0.39 is 6.10 Å². The van der Waals surface area contributed by atoms with Gasteiger partial charge in [-0.3, -0.25) is 4.90 Å². The van der Waals surface area contributed by atoms with Crippen molar-refractivity contribution in [3.63, 3.8) is 0 Å². The predicted molar refractivity (Wildman–Crippen MR) is 124 cm³/mol. The minimum absolute atomic E-state index is 0.291. The number of aryl methyl sites for hydroxylation is 1. The predicted octanol–water partition coefficient (Wildman–Crippen LogP) is 3.21. The molecule has 1 saturated heterocycles. The summed E-state index contributed by atoms with van der Waals surface area (Å²) in [7, 11) is 3.76.